The average Bonchev–Trinajstić information content (AvgIpc) is 2.77. The van der Waals surface area contributed by atoms with Gasteiger partial charge in [-0.25, -0.2) is 0 Å². The molecule has 28 heavy (non-hydrogen) atoms. The Morgan fingerprint density at radius 2 is 1.93 bits per heavy atom. The second kappa shape index (κ2) is 9.64. The summed E-state index contributed by atoms with van der Waals surface area (Å²) < 4.78 is 11.0. The van der Waals surface area contributed by atoms with Gasteiger partial charge >= 0.3 is 0 Å². The van der Waals surface area contributed by atoms with Crippen molar-refractivity contribution < 1.29 is 14.3 Å². The standard InChI is InChI=1S/C22H26N2O3S/c1-4-16-6-8-17(9-7-16)20(25)15-24(22-23-12-5-13-28-22)19-14-18(26-2)10-11-21(19)27-3/h6-11,14H,4-5,12-13,15H2,1-3H3. The molecule has 1 heterocycles. The zero-order valence-corrected chi connectivity index (χ0v) is 17.4. The molecule has 0 radical (unpaired) electrons. The second-order valence-corrected chi connectivity index (χ2v) is 7.53. The number of hydrogen-bond donors (Lipinski definition) is 0. The lowest BCUT2D eigenvalue weighted by molar-refractivity contribution is 0.100. The number of Topliss-reactive ketones (excluding diaryl/α,β-unsaturated/α-hetero) is 1. The average molecular weight is 399 g/mol. The molecule has 0 fully saturated rings. The zero-order valence-electron chi connectivity index (χ0n) is 16.6. The van der Waals surface area contributed by atoms with Crippen LogP contribution in [0.5, 0.6) is 11.5 Å². The number of benzene rings is 2. The molecule has 0 amide bonds. The molecule has 0 unspecified atom stereocenters. The molecule has 2 aromatic rings. The lowest BCUT2D eigenvalue weighted by Crippen LogP contribution is -2.36. The van der Waals surface area contributed by atoms with E-state index in [2.05, 4.69) is 11.9 Å². The molecule has 0 bridgehead atoms. The summed E-state index contributed by atoms with van der Waals surface area (Å²) in [4.78, 5) is 19.7. The normalized spacial score (nSPS) is 13.6. The van der Waals surface area contributed by atoms with Crippen molar-refractivity contribution in [2.24, 2.45) is 4.99 Å². The van der Waals surface area contributed by atoms with E-state index in [1.54, 1.807) is 26.0 Å². The van der Waals surface area contributed by atoms with Crippen molar-refractivity contribution in [1.82, 2.24) is 0 Å². The second-order valence-electron chi connectivity index (χ2n) is 6.46. The fraction of sp³-hybridized carbons (Fsp3) is 0.364. The fourth-order valence-electron chi connectivity index (χ4n) is 3.04. The molecule has 0 spiro atoms. The fourth-order valence-corrected chi connectivity index (χ4v) is 3.99. The van der Waals surface area contributed by atoms with Gasteiger partial charge in [-0.2, -0.15) is 0 Å². The van der Waals surface area contributed by atoms with Gasteiger partial charge in [-0.05, 0) is 30.5 Å². The number of carbonyl (C=O) groups is 1. The summed E-state index contributed by atoms with van der Waals surface area (Å²) in [5, 5.41) is 0.844. The molecule has 0 aromatic heterocycles. The van der Waals surface area contributed by atoms with Crippen LogP contribution in [-0.4, -0.2) is 44.0 Å². The maximum absolute atomic E-state index is 13.0. The van der Waals surface area contributed by atoms with Gasteiger partial charge in [-0.1, -0.05) is 43.0 Å². The largest absolute Gasteiger partial charge is 0.497 e. The molecule has 0 atom stereocenters. The molecule has 148 valence electrons. The highest BCUT2D eigenvalue weighted by Gasteiger charge is 2.24. The maximum atomic E-state index is 13.0. The monoisotopic (exact) mass is 398 g/mol. The van der Waals surface area contributed by atoms with Gasteiger partial charge in [0.05, 0.1) is 26.5 Å². The van der Waals surface area contributed by atoms with E-state index in [0.29, 0.717) is 17.1 Å². The van der Waals surface area contributed by atoms with Crippen LogP contribution in [0.4, 0.5) is 5.69 Å². The number of amidine groups is 1. The third-order valence-corrected chi connectivity index (χ3v) is 5.77. The zero-order chi connectivity index (χ0) is 19.9. The van der Waals surface area contributed by atoms with Crippen molar-refractivity contribution in [1.29, 1.82) is 0 Å². The first-order valence-corrected chi connectivity index (χ1v) is 10.4. The summed E-state index contributed by atoms with van der Waals surface area (Å²) in [6.07, 6.45) is 2.00. The van der Waals surface area contributed by atoms with E-state index >= 15 is 0 Å². The van der Waals surface area contributed by atoms with Gasteiger partial charge in [-0.15, -0.1) is 0 Å². The van der Waals surface area contributed by atoms with Crippen LogP contribution in [-0.2, 0) is 6.42 Å². The minimum absolute atomic E-state index is 0.0430. The summed E-state index contributed by atoms with van der Waals surface area (Å²) in [5.74, 6) is 2.42. The number of thioether (sulfide) groups is 1. The molecule has 0 saturated heterocycles. The topological polar surface area (TPSA) is 51.1 Å². The first-order valence-electron chi connectivity index (χ1n) is 9.45. The first-order chi connectivity index (χ1) is 13.7. The van der Waals surface area contributed by atoms with Crippen molar-refractivity contribution >= 4 is 28.4 Å². The van der Waals surface area contributed by atoms with Crippen molar-refractivity contribution in [2.45, 2.75) is 19.8 Å². The number of hydrogen-bond acceptors (Lipinski definition) is 6. The van der Waals surface area contributed by atoms with Gasteiger partial charge in [0.15, 0.2) is 11.0 Å². The first kappa shape index (κ1) is 20.3. The van der Waals surface area contributed by atoms with E-state index in [1.165, 1.54) is 5.56 Å². The van der Waals surface area contributed by atoms with Crippen LogP contribution in [0.2, 0.25) is 0 Å². The third-order valence-electron chi connectivity index (χ3n) is 4.67. The van der Waals surface area contributed by atoms with Crippen LogP contribution in [0.3, 0.4) is 0 Å². The molecule has 2 aromatic carbocycles. The SMILES string of the molecule is CCc1ccc(C(=O)CN(C2=NCCCS2)c2cc(OC)ccc2OC)cc1. The molecule has 1 aliphatic heterocycles. The molecular weight excluding hydrogens is 372 g/mol. The number of aliphatic imine (C=N–C) groups is 1. The predicted octanol–water partition coefficient (Wildman–Crippen LogP) is 4.45. The van der Waals surface area contributed by atoms with E-state index in [1.807, 2.05) is 47.4 Å². The highest BCUT2D eigenvalue weighted by atomic mass is 32.2. The Hall–Kier alpha value is -2.47. The molecule has 3 rings (SSSR count). The van der Waals surface area contributed by atoms with Gasteiger partial charge in [0.2, 0.25) is 0 Å². The van der Waals surface area contributed by atoms with Crippen LogP contribution in [0.15, 0.2) is 47.5 Å². The minimum Gasteiger partial charge on any atom is -0.497 e. The maximum Gasteiger partial charge on any atom is 0.182 e. The van der Waals surface area contributed by atoms with Crippen molar-refractivity contribution in [3.05, 3.63) is 53.6 Å². The van der Waals surface area contributed by atoms with Gasteiger partial charge in [0, 0.05) is 23.9 Å². The Labute approximate surface area is 170 Å². The lowest BCUT2D eigenvalue weighted by atomic mass is 10.1. The number of methoxy groups -OCH3 is 2. The Bertz CT molecular complexity index is 849. The highest BCUT2D eigenvalue weighted by Crippen LogP contribution is 2.35. The molecule has 6 heteroatoms. The van der Waals surface area contributed by atoms with E-state index in [-0.39, 0.29) is 12.3 Å². The van der Waals surface area contributed by atoms with Crippen molar-refractivity contribution in [3.63, 3.8) is 0 Å². The summed E-state index contributed by atoms with van der Waals surface area (Å²) in [5.41, 5.74) is 2.70. The van der Waals surface area contributed by atoms with Crippen LogP contribution >= 0.6 is 11.8 Å². The summed E-state index contributed by atoms with van der Waals surface area (Å²) in [6, 6.07) is 13.4. The number of ether oxygens (including phenoxy) is 2. The molecule has 1 aliphatic rings. The van der Waals surface area contributed by atoms with Crippen LogP contribution in [0.1, 0.15) is 29.3 Å². The number of carbonyl (C=O) groups excluding carboxylic acids is 1. The quantitative estimate of drug-likeness (QED) is 0.645. The predicted molar refractivity (Wildman–Crippen MR) is 116 cm³/mol. The van der Waals surface area contributed by atoms with Crippen LogP contribution in [0, 0.1) is 0 Å². The molecule has 0 N–H and O–H groups in total. The smallest absolute Gasteiger partial charge is 0.182 e. The number of nitrogens with zero attached hydrogens (tertiary/aromatic N) is 2. The number of anilines is 1. The van der Waals surface area contributed by atoms with Gasteiger partial charge in [0.1, 0.15) is 11.5 Å². The van der Waals surface area contributed by atoms with Crippen molar-refractivity contribution in [2.75, 3.05) is 38.0 Å². The van der Waals surface area contributed by atoms with Gasteiger partial charge < -0.3 is 14.4 Å². The number of rotatable bonds is 7. The number of ketones is 1. The summed E-state index contributed by atoms with van der Waals surface area (Å²) >= 11 is 1.67. The Morgan fingerprint density at radius 1 is 1.14 bits per heavy atom. The molecule has 5 nitrogen and oxygen atoms in total. The van der Waals surface area contributed by atoms with E-state index in [0.717, 1.165) is 36.0 Å². The summed E-state index contributed by atoms with van der Waals surface area (Å²) in [7, 11) is 3.26. The Kier molecular flexibility index (Phi) is 6.98. The van der Waals surface area contributed by atoms with Crippen LogP contribution in [0.25, 0.3) is 0 Å². The minimum atomic E-state index is 0.0430. The Balaban J connectivity index is 1.95. The molecule has 0 aliphatic carbocycles. The summed E-state index contributed by atoms with van der Waals surface area (Å²) in [6.45, 7) is 3.07. The molecule has 0 saturated carbocycles. The van der Waals surface area contributed by atoms with E-state index in [4.69, 9.17) is 9.47 Å². The number of aryl methyl sites for hydroxylation is 1. The van der Waals surface area contributed by atoms with E-state index < -0.39 is 0 Å². The van der Waals surface area contributed by atoms with Gasteiger partial charge in [-0.3, -0.25) is 9.79 Å². The lowest BCUT2D eigenvalue weighted by Gasteiger charge is -2.28. The molecular formula is C22H26N2O3S. The highest BCUT2D eigenvalue weighted by molar-refractivity contribution is 8.14. The van der Waals surface area contributed by atoms with Crippen molar-refractivity contribution in [3.8, 4) is 11.5 Å². The van der Waals surface area contributed by atoms with Crippen LogP contribution < -0.4 is 14.4 Å². The third kappa shape index (κ3) is 4.68. The van der Waals surface area contributed by atoms with E-state index in [9.17, 15) is 4.79 Å². The van der Waals surface area contributed by atoms with Gasteiger partial charge in [0.25, 0.3) is 0 Å². The Morgan fingerprint density at radius 3 is 2.54 bits per heavy atom.